The molecule has 1 unspecified atom stereocenters. The van der Waals surface area contributed by atoms with Gasteiger partial charge in [0.15, 0.2) is 6.29 Å². The summed E-state index contributed by atoms with van der Waals surface area (Å²) >= 11 is 5.85. The second-order valence-corrected chi connectivity index (χ2v) is 9.70. The van der Waals surface area contributed by atoms with Crippen LogP contribution in [-0.4, -0.2) is 30.7 Å². The van der Waals surface area contributed by atoms with Crippen LogP contribution in [0.2, 0.25) is 5.15 Å². The Morgan fingerprint density at radius 1 is 1.16 bits per heavy atom. The van der Waals surface area contributed by atoms with Gasteiger partial charge in [0.05, 0.1) is 28.7 Å². The zero-order chi connectivity index (χ0) is 28.0. The highest BCUT2D eigenvalue weighted by Gasteiger charge is 2.33. The van der Waals surface area contributed by atoms with E-state index in [0.29, 0.717) is 23.7 Å². The minimum atomic E-state index is -4.73. The normalized spacial score (nSPS) is 13.0. The molecule has 1 atom stereocenters. The van der Waals surface area contributed by atoms with Crippen molar-refractivity contribution < 1.29 is 23.1 Å². The topological polar surface area (TPSA) is 109 Å². The number of aromatic nitrogens is 4. The zero-order valence-corrected chi connectivity index (χ0v) is 21.5. The summed E-state index contributed by atoms with van der Waals surface area (Å²) in [6, 6.07) is 6.21. The summed E-state index contributed by atoms with van der Waals surface area (Å²) in [5, 5.41) is 13.2. The minimum absolute atomic E-state index is 0.00950. The van der Waals surface area contributed by atoms with Gasteiger partial charge in [0, 0.05) is 29.1 Å². The molecule has 0 fully saturated rings. The van der Waals surface area contributed by atoms with Crippen LogP contribution in [0.25, 0.3) is 16.9 Å². The van der Waals surface area contributed by atoms with Crippen LogP contribution in [0.15, 0.2) is 47.5 Å². The van der Waals surface area contributed by atoms with Gasteiger partial charge >= 0.3 is 6.18 Å². The Morgan fingerprint density at radius 2 is 1.87 bits per heavy atom. The molecule has 0 aromatic carbocycles. The number of rotatable bonds is 6. The number of carbonyl (C=O) groups is 1. The van der Waals surface area contributed by atoms with Gasteiger partial charge in [-0.25, -0.2) is 9.97 Å². The Kier molecular flexibility index (Phi) is 7.02. The van der Waals surface area contributed by atoms with Crippen molar-refractivity contribution in [3.8, 4) is 11.3 Å². The Morgan fingerprint density at radius 3 is 2.45 bits per heavy atom. The van der Waals surface area contributed by atoms with E-state index in [9.17, 15) is 27.9 Å². The molecule has 2 N–H and O–H groups in total. The fraction of sp³-hybridized carbons (Fsp3) is 0.269. The van der Waals surface area contributed by atoms with Crippen LogP contribution in [-0.2, 0) is 11.8 Å². The molecule has 4 aromatic heterocycles. The molecule has 198 valence electrons. The van der Waals surface area contributed by atoms with Crippen LogP contribution >= 0.6 is 11.6 Å². The van der Waals surface area contributed by atoms with Crippen molar-refractivity contribution in [1.82, 2.24) is 19.4 Å². The van der Waals surface area contributed by atoms with Crippen molar-refractivity contribution in [3.63, 3.8) is 0 Å². The van der Waals surface area contributed by atoms with Gasteiger partial charge < -0.3 is 10.4 Å². The number of halogens is 4. The Hall–Kier alpha value is -3.83. The number of pyridine rings is 3. The highest BCUT2D eigenvalue weighted by molar-refractivity contribution is 6.29. The maximum Gasteiger partial charge on any atom is 0.417 e. The lowest BCUT2D eigenvalue weighted by atomic mass is 10.0. The smallest absolute Gasteiger partial charge is 0.384 e. The zero-order valence-electron chi connectivity index (χ0n) is 20.8. The Balaban J connectivity index is 1.93. The Bertz CT molecular complexity index is 1600. The number of carbonyl (C=O) groups excluding carboxylic acids is 1. The predicted molar refractivity (Wildman–Crippen MR) is 136 cm³/mol. The van der Waals surface area contributed by atoms with E-state index in [1.165, 1.54) is 25.3 Å². The van der Waals surface area contributed by atoms with Gasteiger partial charge in [-0.05, 0) is 58.0 Å². The molecule has 38 heavy (non-hydrogen) atoms. The lowest BCUT2D eigenvalue weighted by molar-refractivity contribution is -0.137. The van der Waals surface area contributed by atoms with E-state index in [0.717, 1.165) is 10.5 Å². The number of nitrogens with zero attached hydrogens (tertiary/aromatic N) is 4. The molecule has 0 saturated heterocycles. The van der Waals surface area contributed by atoms with E-state index in [2.05, 4.69) is 20.3 Å². The third-order valence-corrected chi connectivity index (χ3v) is 6.22. The number of aldehydes is 1. The SMILES string of the molecule is Cc1c(-c2ccc(C(C)(C)O)nc2)nc2c(C(C)Nc3ccc(Cl)nc3C=O)cc(C(F)(F)F)cn2c1=O. The van der Waals surface area contributed by atoms with Gasteiger partial charge in [-0.1, -0.05) is 11.6 Å². The first-order chi connectivity index (χ1) is 17.7. The van der Waals surface area contributed by atoms with Crippen LogP contribution < -0.4 is 10.9 Å². The second-order valence-electron chi connectivity index (χ2n) is 9.31. The van der Waals surface area contributed by atoms with Crippen LogP contribution in [0.4, 0.5) is 18.9 Å². The fourth-order valence-corrected chi connectivity index (χ4v) is 4.13. The van der Waals surface area contributed by atoms with Gasteiger partial charge in [0.1, 0.15) is 22.1 Å². The molecule has 12 heteroatoms. The van der Waals surface area contributed by atoms with E-state index in [-0.39, 0.29) is 39.0 Å². The second kappa shape index (κ2) is 9.80. The van der Waals surface area contributed by atoms with E-state index in [4.69, 9.17) is 11.6 Å². The number of fused-ring (bicyclic) bond motifs is 1. The van der Waals surface area contributed by atoms with Crippen molar-refractivity contribution in [2.75, 3.05) is 5.32 Å². The molecule has 0 bridgehead atoms. The first kappa shape index (κ1) is 27.2. The number of hydrogen-bond acceptors (Lipinski definition) is 7. The molecule has 0 amide bonds. The molecule has 8 nitrogen and oxygen atoms in total. The Labute approximate surface area is 220 Å². The summed E-state index contributed by atoms with van der Waals surface area (Å²) in [4.78, 5) is 37.5. The monoisotopic (exact) mass is 545 g/mol. The first-order valence-corrected chi connectivity index (χ1v) is 11.8. The molecule has 0 aliphatic rings. The summed E-state index contributed by atoms with van der Waals surface area (Å²) in [7, 11) is 0. The fourth-order valence-electron chi connectivity index (χ4n) is 3.98. The van der Waals surface area contributed by atoms with E-state index >= 15 is 0 Å². The van der Waals surface area contributed by atoms with Gasteiger partial charge in [-0.15, -0.1) is 0 Å². The van der Waals surface area contributed by atoms with Crippen LogP contribution in [0.3, 0.4) is 0 Å². The average Bonchev–Trinajstić information content (AvgIpc) is 2.85. The van der Waals surface area contributed by atoms with E-state index < -0.39 is 28.9 Å². The third kappa shape index (κ3) is 5.25. The summed E-state index contributed by atoms with van der Waals surface area (Å²) in [6.07, 6.45) is -2.10. The summed E-state index contributed by atoms with van der Waals surface area (Å²) in [6.45, 7) is 6.19. The number of anilines is 1. The minimum Gasteiger partial charge on any atom is -0.384 e. The highest BCUT2D eigenvalue weighted by atomic mass is 35.5. The lowest BCUT2D eigenvalue weighted by Crippen LogP contribution is -2.24. The molecule has 0 aliphatic carbocycles. The standard InChI is InChI=1S/C26H23ClF3N5O3/c1-13-22(15-5-7-20(31-10-15)25(3,4)38)34-23-17(9-16(26(28,29)30)11-35(23)24(13)37)14(2)32-18-6-8-21(27)33-19(18)12-36/h5-12,14,32,38H,1-4H3. The summed E-state index contributed by atoms with van der Waals surface area (Å²) in [5.41, 5.74) is -1.44. The molecule has 0 saturated carbocycles. The van der Waals surface area contributed by atoms with Crippen LogP contribution in [0.5, 0.6) is 0 Å². The highest BCUT2D eigenvalue weighted by Crippen LogP contribution is 2.34. The van der Waals surface area contributed by atoms with Gasteiger partial charge in [-0.2, -0.15) is 13.2 Å². The predicted octanol–water partition coefficient (Wildman–Crippen LogP) is 5.35. The van der Waals surface area contributed by atoms with Crippen molar-refractivity contribution >= 4 is 29.2 Å². The van der Waals surface area contributed by atoms with Gasteiger partial charge in [0.2, 0.25) is 0 Å². The van der Waals surface area contributed by atoms with Crippen molar-refractivity contribution in [2.24, 2.45) is 0 Å². The molecule has 0 aliphatic heterocycles. The third-order valence-electron chi connectivity index (χ3n) is 6.01. The van der Waals surface area contributed by atoms with Crippen molar-refractivity contribution in [3.05, 3.63) is 86.3 Å². The van der Waals surface area contributed by atoms with Gasteiger partial charge in [-0.3, -0.25) is 19.0 Å². The lowest BCUT2D eigenvalue weighted by Gasteiger charge is -2.21. The average molecular weight is 546 g/mol. The summed E-state index contributed by atoms with van der Waals surface area (Å²) < 4.78 is 42.3. The molecule has 4 rings (SSSR count). The number of nitrogens with one attached hydrogen (secondary N) is 1. The number of hydrogen-bond donors (Lipinski definition) is 2. The quantitative estimate of drug-likeness (QED) is 0.248. The number of alkyl halides is 3. The largest absolute Gasteiger partial charge is 0.417 e. The molecular weight excluding hydrogens is 523 g/mol. The molecule has 4 aromatic rings. The molecular formula is C26H23ClF3N5O3. The molecule has 0 radical (unpaired) electrons. The maximum atomic E-state index is 13.8. The van der Waals surface area contributed by atoms with Crippen molar-refractivity contribution in [2.45, 2.75) is 45.5 Å². The van der Waals surface area contributed by atoms with E-state index in [1.807, 2.05) is 0 Å². The number of aliphatic hydroxyl groups is 1. The van der Waals surface area contributed by atoms with Crippen LogP contribution in [0, 0.1) is 6.92 Å². The maximum absolute atomic E-state index is 13.8. The van der Waals surface area contributed by atoms with Gasteiger partial charge in [0.25, 0.3) is 5.56 Å². The van der Waals surface area contributed by atoms with E-state index in [1.54, 1.807) is 32.9 Å². The molecule has 4 heterocycles. The first-order valence-electron chi connectivity index (χ1n) is 11.4. The van der Waals surface area contributed by atoms with Crippen LogP contribution in [0.1, 0.15) is 59.7 Å². The van der Waals surface area contributed by atoms with Crippen molar-refractivity contribution in [1.29, 1.82) is 0 Å². The summed E-state index contributed by atoms with van der Waals surface area (Å²) in [5.74, 6) is 0. The molecule has 0 spiro atoms.